The summed E-state index contributed by atoms with van der Waals surface area (Å²) >= 11 is 0. The Labute approximate surface area is 172 Å². The molecular weight excluding hydrogens is 366 g/mol. The SMILES string of the molecule is CN=C(NCCC(=O)NCc1ccccc1)N1CCN(c2ccccc2O)CC1. The summed E-state index contributed by atoms with van der Waals surface area (Å²) in [5.74, 6) is 1.13. The number of anilines is 1. The molecule has 1 fully saturated rings. The quantitative estimate of drug-likeness (QED) is 0.513. The lowest BCUT2D eigenvalue weighted by Crippen LogP contribution is -2.52. The molecule has 3 N–H and O–H groups in total. The highest BCUT2D eigenvalue weighted by atomic mass is 16.3. The van der Waals surface area contributed by atoms with Crippen molar-refractivity contribution in [1.82, 2.24) is 15.5 Å². The zero-order valence-electron chi connectivity index (χ0n) is 16.8. The molecule has 1 heterocycles. The average Bonchev–Trinajstić information content (AvgIpc) is 2.77. The minimum Gasteiger partial charge on any atom is -0.506 e. The molecule has 1 saturated heterocycles. The van der Waals surface area contributed by atoms with Crippen LogP contribution in [-0.2, 0) is 11.3 Å². The van der Waals surface area contributed by atoms with Gasteiger partial charge in [-0.05, 0) is 17.7 Å². The highest BCUT2D eigenvalue weighted by Crippen LogP contribution is 2.27. The predicted octanol–water partition coefficient (Wildman–Crippen LogP) is 1.80. The molecule has 2 aromatic rings. The molecule has 154 valence electrons. The molecule has 3 rings (SSSR count). The van der Waals surface area contributed by atoms with Crippen molar-refractivity contribution in [2.75, 3.05) is 44.7 Å². The summed E-state index contributed by atoms with van der Waals surface area (Å²) in [5.41, 5.74) is 1.96. The van der Waals surface area contributed by atoms with Crippen LogP contribution in [0.5, 0.6) is 5.75 Å². The number of piperazine rings is 1. The molecular formula is C22H29N5O2. The maximum Gasteiger partial charge on any atom is 0.222 e. The van der Waals surface area contributed by atoms with Crippen LogP contribution in [0.3, 0.4) is 0 Å². The average molecular weight is 396 g/mol. The van der Waals surface area contributed by atoms with Crippen LogP contribution < -0.4 is 15.5 Å². The van der Waals surface area contributed by atoms with E-state index in [1.165, 1.54) is 0 Å². The summed E-state index contributed by atoms with van der Waals surface area (Å²) in [4.78, 5) is 20.8. The van der Waals surface area contributed by atoms with E-state index in [-0.39, 0.29) is 5.91 Å². The number of hydrogen-bond acceptors (Lipinski definition) is 4. The smallest absolute Gasteiger partial charge is 0.222 e. The summed E-state index contributed by atoms with van der Waals surface area (Å²) in [7, 11) is 1.76. The number of benzene rings is 2. The molecule has 0 bridgehead atoms. The Balaban J connectivity index is 1.39. The number of nitrogens with one attached hydrogen (secondary N) is 2. The second kappa shape index (κ2) is 10.4. The molecule has 0 atom stereocenters. The first-order valence-electron chi connectivity index (χ1n) is 9.96. The molecule has 1 aliphatic rings. The second-order valence-electron chi connectivity index (χ2n) is 6.95. The number of aliphatic imine (C=N–C) groups is 1. The van der Waals surface area contributed by atoms with E-state index in [1.54, 1.807) is 13.1 Å². The van der Waals surface area contributed by atoms with Crippen molar-refractivity contribution in [3.63, 3.8) is 0 Å². The molecule has 2 aromatic carbocycles. The second-order valence-corrected chi connectivity index (χ2v) is 6.95. The number of carbonyl (C=O) groups excluding carboxylic acids is 1. The topological polar surface area (TPSA) is 80.2 Å². The van der Waals surface area contributed by atoms with Gasteiger partial charge < -0.3 is 25.5 Å². The van der Waals surface area contributed by atoms with Crippen LogP contribution in [0.1, 0.15) is 12.0 Å². The van der Waals surface area contributed by atoms with Crippen molar-refractivity contribution in [2.24, 2.45) is 4.99 Å². The fourth-order valence-corrected chi connectivity index (χ4v) is 3.40. The third-order valence-corrected chi connectivity index (χ3v) is 4.98. The van der Waals surface area contributed by atoms with Gasteiger partial charge in [0, 0.05) is 52.7 Å². The molecule has 0 saturated carbocycles. The molecule has 0 aliphatic carbocycles. The van der Waals surface area contributed by atoms with Crippen molar-refractivity contribution in [3.8, 4) is 5.75 Å². The van der Waals surface area contributed by atoms with Gasteiger partial charge in [0.25, 0.3) is 0 Å². The minimum atomic E-state index is 0.0150. The van der Waals surface area contributed by atoms with Gasteiger partial charge in [0.1, 0.15) is 5.75 Å². The fraction of sp³-hybridized carbons (Fsp3) is 0.364. The number of hydrogen-bond donors (Lipinski definition) is 3. The monoisotopic (exact) mass is 395 g/mol. The lowest BCUT2D eigenvalue weighted by Gasteiger charge is -2.37. The predicted molar refractivity (Wildman–Crippen MR) is 116 cm³/mol. The summed E-state index contributed by atoms with van der Waals surface area (Å²) in [6.45, 7) is 4.28. The van der Waals surface area contributed by atoms with Gasteiger partial charge in [-0.3, -0.25) is 9.79 Å². The van der Waals surface area contributed by atoms with E-state index in [2.05, 4.69) is 25.4 Å². The van der Waals surface area contributed by atoms with Crippen molar-refractivity contribution in [1.29, 1.82) is 0 Å². The molecule has 0 unspecified atom stereocenters. The normalized spacial score (nSPS) is 14.6. The van der Waals surface area contributed by atoms with E-state index in [0.29, 0.717) is 25.3 Å². The van der Waals surface area contributed by atoms with Crippen LogP contribution in [0.2, 0.25) is 0 Å². The first-order chi connectivity index (χ1) is 14.2. The third-order valence-electron chi connectivity index (χ3n) is 4.98. The zero-order chi connectivity index (χ0) is 20.5. The maximum atomic E-state index is 12.1. The number of para-hydroxylation sites is 2. The molecule has 7 nitrogen and oxygen atoms in total. The van der Waals surface area contributed by atoms with E-state index < -0.39 is 0 Å². The standard InChI is InChI=1S/C22H29N5O2/c1-23-22(24-12-11-21(29)25-17-18-7-3-2-4-8-18)27-15-13-26(14-16-27)19-9-5-6-10-20(19)28/h2-10,28H,11-17H2,1H3,(H,23,24)(H,25,29). The van der Waals surface area contributed by atoms with Gasteiger partial charge >= 0.3 is 0 Å². The number of amides is 1. The van der Waals surface area contributed by atoms with Gasteiger partial charge in [0.15, 0.2) is 5.96 Å². The molecule has 0 radical (unpaired) electrons. The number of guanidine groups is 1. The molecule has 1 amide bonds. The van der Waals surface area contributed by atoms with E-state index in [1.807, 2.05) is 48.5 Å². The van der Waals surface area contributed by atoms with Crippen molar-refractivity contribution < 1.29 is 9.90 Å². The van der Waals surface area contributed by atoms with Gasteiger partial charge in [-0.25, -0.2) is 0 Å². The number of phenols is 1. The molecule has 7 heteroatoms. The summed E-state index contributed by atoms with van der Waals surface area (Å²) < 4.78 is 0. The Morgan fingerprint density at radius 2 is 1.69 bits per heavy atom. The van der Waals surface area contributed by atoms with Crippen molar-refractivity contribution >= 4 is 17.6 Å². The lowest BCUT2D eigenvalue weighted by molar-refractivity contribution is -0.121. The molecule has 1 aliphatic heterocycles. The fourth-order valence-electron chi connectivity index (χ4n) is 3.40. The summed E-state index contributed by atoms with van der Waals surface area (Å²) in [6, 6.07) is 17.3. The van der Waals surface area contributed by atoms with E-state index in [9.17, 15) is 9.90 Å². The lowest BCUT2D eigenvalue weighted by atomic mass is 10.2. The van der Waals surface area contributed by atoms with E-state index in [0.717, 1.165) is 43.4 Å². The van der Waals surface area contributed by atoms with Crippen LogP contribution in [0.4, 0.5) is 5.69 Å². The number of rotatable bonds is 6. The number of phenolic OH excluding ortho intramolecular Hbond substituents is 1. The first kappa shape index (κ1) is 20.5. The highest BCUT2D eigenvalue weighted by Gasteiger charge is 2.21. The molecule has 0 spiro atoms. The van der Waals surface area contributed by atoms with Gasteiger partial charge in [0.05, 0.1) is 5.69 Å². The largest absolute Gasteiger partial charge is 0.506 e. The highest BCUT2D eigenvalue weighted by molar-refractivity contribution is 5.81. The van der Waals surface area contributed by atoms with Crippen molar-refractivity contribution in [2.45, 2.75) is 13.0 Å². The summed E-state index contributed by atoms with van der Waals surface area (Å²) in [5, 5.41) is 16.3. The van der Waals surface area contributed by atoms with Crippen LogP contribution in [0.25, 0.3) is 0 Å². The van der Waals surface area contributed by atoms with Gasteiger partial charge in [-0.2, -0.15) is 0 Å². The van der Waals surface area contributed by atoms with Crippen LogP contribution in [0, 0.1) is 0 Å². The Bertz CT molecular complexity index is 817. The maximum absolute atomic E-state index is 12.1. The summed E-state index contributed by atoms with van der Waals surface area (Å²) in [6.07, 6.45) is 0.393. The first-order valence-corrected chi connectivity index (χ1v) is 9.96. The Hall–Kier alpha value is -3.22. The van der Waals surface area contributed by atoms with Gasteiger partial charge in [0.2, 0.25) is 5.91 Å². The molecule has 29 heavy (non-hydrogen) atoms. The number of aromatic hydroxyl groups is 1. The van der Waals surface area contributed by atoms with E-state index >= 15 is 0 Å². The van der Waals surface area contributed by atoms with Crippen LogP contribution in [0.15, 0.2) is 59.6 Å². The zero-order valence-corrected chi connectivity index (χ0v) is 16.8. The Morgan fingerprint density at radius 3 is 2.38 bits per heavy atom. The van der Waals surface area contributed by atoms with E-state index in [4.69, 9.17) is 0 Å². The van der Waals surface area contributed by atoms with Crippen LogP contribution >= 0.6 is 0 Å². The molecule has 0 aromatic heterocycles. The van der Waals surface area contributed by atoms with Crippen molar-refractivity contribution in [3.05, 3.63) is 60.2 Å². The third kappa shape index (κ3) is 5.88. The minimum absolute atomic E-state index is 0.0150. The van der Waals surface area contributed by atoms with Crippen LogP contribution in [-0.4, -0.2) is 61.6 Å². The van der Waals surface area contributed by atoms with Gasteiger partial charge in [-0.15, -0.1) is 0 Å². The number of carbonyl (C=O) groups is 1. The number of nitrogens with zero attached hydrogens (tertiary/aromatic N) is 3. The van der Waals surface area contributed by atoms with Gasteiger partial charge in [-0.1, -0.05) is 42.5 Å². The Kier molecular flexibility index (Phi) is 7.33. The Morgan fingerprint density at radius 1 is 1.00 bits per heavy atom.